The van der Waals surface area contributed by atoms with Gasteiger partial charge < -0.3 is 0 Å². The summed E-state index contributed by atoms with van der Waals surface area (Å²) in [5.41, 5.74) is 0.797. The lowest BCUT2D eigenvalue weighted by molar-refractivity contribution is -0.384. The van der Waals surface area contributed by atoms with E-state index in [4.69, 9.17) is 0 Å². The van der Waals surface area contributed by atoms with Crippen molar-refractivity contribution in [3.63, 3.8) is 0 Å². The number of azo groups is 1. The summed E-state index contributed by atoms with van der Waals surface area (Å²) >= 11 is 0. The van der Waals surface area contributed by atoms with Crippen LogP contribution >= 0.6 is 0 Å². The molecule has 1 aliphatic heterocycles. The number of hydrogen-bond donors (Lipinski definition) is 0. The molecule has 1 aromatic rings. The first kappa shape index (κ1) is 5.96. The topological polar surface area (TPSA) is 67.9 Å². The fourth-order valence-electron chi connectivity index (χ4n) is 0.846. The van der Waals surface area contributed by atoms with E-state index in [1.54, 1.807) is 0 Å². The number of benzene rings is 1. The maximum absolute atomic E-state index is 10.3. The minimum Gasteiger partial charge on any atom is -0.258 e. The van der Waals surface area contributed by atoms with Crippen molar-refractivity contribution in [2.24, 2.45) is 10.2 Å². The Morgan fingerprint density at radius 1 is 1.55 bits per heavy atom. The predicted octanol–water partition coefficient (Wildman–Crippen LogP) is 2.12. The minimum atomic E-state index is -0.481. The van der Waals surface area contributed by atoms with Gasteiger partial charge in [-0.1, -0.05) is 0 Å². The molecule has 1 aromatic carbocycles. The standard InChI is InChI=1S/C6H2N3O2/c10-9(11)5-3-1-2-4-6(5)8-7-4/h1,3H. The number of fused-ring (bicyclic) bond motifs is 1. The van der Waals surface area contributed by atoms with Crippen molar-refractivity contribution in [1.82, 2.24) is 0 Å². The third-order valence-electron chi connectivity index (χ3n) is 1.37. The Bertz CT molecular complexity index is 359. The lowest BCUT2D eigenvalue weighted by Gasteiger charge is -2.04. The fraction of sp³-hybridized carbons (Fsp3) is 0. The number of nitrogens with zero attached hydrogens (tertiary/aromatic N) is 3. The Morgan fingerprint density at radius 2 is 2.36 bits per heavy atom. The monoisotopic (exact) mass is 148 g/mol. The van der Waals surface area contributed by atoms with E-state index in [9.17, 15) is 10.1 Å². The molecule has 53 valence electrons. The second-order valence-corrected chi connectivity index (χ2v) is 2.02. The summed E-state index contributed by atoms with van der Waals surface area (Å²) in [6.45, 7) is 0. The average Bonchev–Trinajstić information content (AvgIpc) is 1.90. The second kappa shape index (κ2) is 1.85. The van der Waals surface area contributed by atoms with Crippen LogP contribution in [0.15, 0.2) is 22.4 Å². The SMILES string of the molecule is O=[N+]([O-])c1cc[c]c2c1N=N2. The van der Waals surface area contributed by atoms with Crippen molar-refractivity contribution in [2.45, 2.75) is 0 Å². The van der Waals surface area contributed by atoms with E-state index in [-0.39, 0.29) is 5.69 Å². The summed E-state index contributed by atoms with van der Waals surface area (Å²) in [5, 5.41) is 17.3. The van der Waals surface area contributed by atoms with Crippen molar-refractivity contribution < 1.29 is 4.92 Å². The van der Waals surface area contributed by atoms with Gasteiger partial charge in [-0.2, -0.15) is 0 Å². The summed E-state index contributed by atoms with van der Waals surface area (Å²) in [6, 6.07) is 5.54. The molecule has 0 bridgehead atoms. The van der Waals surface area contributed by atoms with Gasteiger partial charge in [0, 0.05) is 12.1 Å². The zero-order chi connectivity index (χ0) is 7.84. The van der Waals surface area contributed by atoms with Crippen molar-refractivity contribution in [3.8, 4) is 0 Å². The largest absolute Gasteiger partial charge is 0.299 e. The van der Waals surface area contributed by atoms with Crippen LogP contribution in [0.2, 0.25) is 0 Å². The van der Waals surface area contributed by atoms with Crippen LogP contribution in [0.5, 0.6) is 0 Å². The Labute approximate surface area is 61.5 Å². The first-order valence-corrected chi connectivity index (χ1v) is 2.90. The Hall–Kier alpha value is -1.78. The molecular weight excluding hydrogens is 146 g/mol. The molecule has 0 amide bonds. The Balaban J connectivity index is 2.61. The smallest absolute Gasteiger partial charge is 0.258 e. The minimum absolute atomic E-state index is 0.00579. The molecule has 0 N–H and O–H groups in total. The van der Waals surface area contributed by atoms with Crippen LogP contribution in [-0.4, -0.2) is 4.92 Å². The molecule has 0 unspecified atom stereocenters. The molecule has 5 heteroatoms. The summed E-state index contributed by atoms with van der Waals surface area (Å²) < 4.78 is 0. The van der Waals surface area contributed by atoms with Gasteiger partial charge >= 0.3 is 0 Å². The molecule has 0 aliphatic carbocycles. The van der Waals surface area contributed by atoms with Gasteiger partial charge in [0.05, 0.1) is 4.92 Å². The first-order chi connectivity index (χ1) is 5.29. The van der Waals surface area contributed by atoms with E-state index in [0.29, 0.717) is 11.4 Å². The zero-order valence-corrected chi connectivity index (χ0v) is 5.31. The highest BCUT2D eigenvalue weighted by atomic mass is 16.6. The van der Waals surface area contributed by atoms with Gasteiger partial charge in [0.15, 0.2) is 5.69 Å². The van der Waals surface area contributed by atoms with Crippen LogP contribution in [-0.2, 0) is 0 Å². The molecule has 5 nitrogen and oxygen atoms in total. The molecule has 0 saturated heterocycles. The normalized spacial score (nSPS) is 12.0. The van der Waals surface area contributed by atoms with Gasteiger partial charge in [0.1, 0.15) is 5.69 Å². The number of rotatable bonds is 1. The molecule has 1 radical (unpaired) electrons. The summed E-state index contributed by atoms with van der Waals surface area (Å²) in [5.74, 6) is 0. The third-order valence-corrected chi connectivity index (χ3v) is 1.37. The fourth-order valence-corrected chi connectivity index (χ4v) is 0.846. The van der Waals surface area contributed by atoms with Gasteiger partial charge in [0.2, 0.25) is 0 Å². The molecule has 2 rings (SSSR count). The van der Waals surface area contributed by atoms with Gasteiger partial charge in [-0.3, -0.25) is 10.1 Å². The van der Waals surface area contributed by atoms with E-state index in [1.807, 2.05) is 0 Å². The Kier molecular flexibility index (Phi) is 1.00. The van der Waals surface area contributed by atoms with Crippen LogP contribution in [0.4, 0.5) is 17.1 Å². The molecule has 1 aliphatic rings. The second-order valence-electron chi connectivity index (χ2n) is 2.02. The van der Waals surface area contributed by atoms with E-state index >= 15 is 0 Å². The van der Waals surface area contributed by atoms with Crippen molar-refractivity contribution >= 4 is 17.1 Å². The predicted molar refractivity (Wildman–Crippen MR) is 36.1 cm³/mol. The van der Waals surface area contributed by atoms with Gasteiger partial charge in [0.25, 0.3) is 5.69 Å². The van der Waals surface area contributed by atoms with Crippen molar-refractivity contribution in [3.05, 3.63) is 28.3 Å². The quantitative estimate of drug-likeness (QED) is 0.459. The summed E-state index contributed by atoms with van der Waals surface area (Å²) in [4.78, 5) is 9.82. The first-order valence-electron chi connectivity index (χ1n) is 2.90. The van der Waals surface area contributed by atoms with Crippen molar-refractivity contribution in [1.29, 1.82) is 0 Å². The Morgan fingerprint density at radius 3 is 2.82 bits per heavy atom. The molecule has 0 atom stereocenters. The van der Waals surface area contributed by atoms with E-state index in [0.717, 1.165) is 0 Å². The maximum Gasteiger partial charge on any atom is 0.299 e. The third kappa shape index (κ3) is 0.706. The molecule has 11 heavy (non-hydrogen) atoms. The number of hydrogen-bond acceptors (Lipinski definition) is 4. The lowest BCUT2D eigenvalue weighted by Crippen LogP contribution is -1.90. The molecule has 0 saturated carbocycles. The average molecular weight is 148 g/mol. The summed E-state index contributed by atoms with van der Waals surface area (Å²) in [6.07, 6.45) is 0. The molecule has 1 heterocycles. The van der Waals surface area contributed by atoms with Crippen LogP contribution in [0.1, 0.15) is 0 Å². The zero-order valence-electron chi connectivity index (χ0n) is 5.31. The van der Waals surface area contributed by atoms with E-state index < -0.39 is 4.92 Å². The van der Waals surface area contributed by atoms with E-state index in [1.165, 1.54) is 12.1 Å². The molecule has 0 aromatic heterocycles. The maximum atomic E-state index is 10.3. The van der Waals surface area contributed by atoms with Crippen LogP contribution in [0.3, 0.4) is 0 Å². The van der Waals surface area contributed by atoms with Gasteiger partial charge in [-0.15, -0.1) is 10.2 Å². The highest BCUT2D eigenvalue weighted by molar-refractivity contribution is 5.75. The lowest BCUT2D eigenvalue weighted by atomic mass is 10.2. The molecular formula is C6H2N3O2. The molecule has 0 spiro atoms. The highest BCUT2D eigenvalue weighted by Gasteiger charge is 2.22. The van der Waals surface area contributed by atoms with Crippen LogP contribution in [0.25, 0.3) is 0 Å². The highest BCUT2D eigenvalue weighted by Crippen LogP contribution is 2.43. The van der Waals surface area contributed by atoms with Crippen LogP contribution < -0.4 is 0 Å². The van der Waals surface area contributed by atoms with E-state index in [2.05, 4.69) is 16.3 Å². The molecule has 0 fully saturated rings. The van der Waals surface area contributed by atoms with Gasteiger partial charge in [-0.25, -0.2) is 0 Å². The van der Waals surface area contributed by atoms with Crippen molar-refractivity contribution in [2.75, 3.05) is 0 Å². The van der Waals surface area contributed by atoms with Gasteiger partial charge in [-0.05, 0) is 6.07 Å². The summed E-state index contributed by atoms with van der Waals surface area (Å²) in [7, 11) is 0. The van der Waals surface area contributed by atoms with Crippen LogP contribution in [0, 0.1) is 16.2 Å². The number of nitro groups is 1. The number of nitro benzene ring substituents is 1.